The maximum atomic E-state index is 13.5. The molecule has 0 unspecified atom stereocenters. The van der Waals surface area contributed by atoms with Crippen LogP contribution in [0.15, 0.2) is 17.3 Å². The molecular weight excluding hydrogens is 290 g/mol. The number of H-pyrrole nitrogens is 1. The maximum Gasteiger partial charge on any atom is 0.273 e. The van der Waals surface area contributed by atoms with Gasteiger partial charge in [0.1, 0.15) is 11.6 Å². The quantitative estimate of drug-likeness (QED) is 0.808. The maximum absolute atomic E-state index is 13.5. The van der Waals surface area contributed by atoms with Crippen LogP contribution < -0.4 is 5.14 Å². The predicted molar refractivity (Wildman–Crippen MR) is 58.1 cm³/mol. The van der Waals surface area contributed by atoms with Crippen molar-refractivity contribution in [1.82, 2.24) is 15.2 Å². The third-order valence-corrected chi connectivity index (χ3v) is 3.00. The molecule has 0 aliphatic heterocycles. The van der Waals surface area contributed by atoms with Crippen molar-refractivity contribution in [2.75, 3.05) is 0 Å². The fraction of sp³-hybridized carbons (Fsp3) is 0. The smallest absolute Gasteiger partial charge is 0.248 e. The summed E-state index contributed by atoms with van der Waals surface area (Å²) in [6, 6.07) is 1.49. The number of benzene rings is 1. The fourth-order valence-corrected chi connectivity index (χ4v) is 1.73. The van der Waals surface area contributed by atoms with Crippen molar-refractivity contribution in [2.24, 2.45) is 5.14 Å². The number of halogens is 3. The van der Waals surface area contributed by atoms with Crippen molar-refractivity contribution in [1.29, 1.82) is 0 Å². The molecule has 1 aromatic heterocycles. The van der Waals surface area contributed by atoms with E-state index < -0.39 is 31.8 Å². The summed E-state index contributed by atoms with van der Waals surface area (Å²) in [6.45, 7) is 0. The average Bonchev–Trinajstić information content (AvgIpc) is 2.72. The number of sulfonamides is 1. The largest absolute Gasteiger partial charge is 0.273 e. The van der Waals surface area contributed by atoms with Crippen LogP contribution in [0, 0.1) is 11.6 Å². The molecule has 10 heteroatoms. The first-order valence-electron chi connectivity index (χ1n) is 4.39. The molecule has 1 heterocycles. The number of rotatable bonds is 2. The first-order valence-corrected chi connectivity index (χ1v) is 6.31. The number of aromatic amines is 1. The molecule has 6 nitrogen and oxygen atoms in total. The van der Waals surface area contributed by atoms with Crippen LogP contribution in [-0.2, 0) is 10.0 Å². The number of nitrogens with zero attached hydrogens (tertiary/aromatic N) is 2. The first-order chi connectivity index (χ1) is 8.29. The van der Waals surface area contributed by atoms with Gasteiger partial charge in [0.15, 0.2) is 5.82 Å². The lowest BCUT2D eigenvalue weighted by Gasteiger charge is -2.00. The number of nitrogens with two attached hydrogens (primary N) is 1. The minimum absolute atomic E-state index is 0.331. The fourth-order valence-electron chi connectivity index (χ4n) is 1.19. The van der Waals surface area contributed by atoms with Gasteiger partial charge in [-0.05, 0) is 12.1 Å². The molecule has 0 aliphatic rings. The Bertz CT molecular complexity index is 716. The summed E-state index contributed by atoms with van der Waals surface area (Å²) in [5, 5.41) is 9.19. The van der Waals surface area contributed by atoms with Crippen LogP contribution in [0.25, 0.3) is 11.4 Å². The van der Waals surface area contributed by atoms with E-state index in [0.29, 0.717) is 0 Å². The first kappa shape index (κ1) is 12.9. The lowest BCUT2D eigenvalue weighted by molar-refractivity contribution is 0.589. The molecule has 1 aromatic carbocycles. The Morgan fingerprint density at radius 3 is 2.50 bits per heavy atom. The van der Waals surface area contributed by atoms with Crippen LogP contribution in [0.3, 0.4) is 0 Å². The average molecular weight is 295 g/mol. The molecule has 0 fully saturated rings. The summed E-state index contributed by atoms with van der Waals surface area (Å²) in [5.41, 5.74) is -0.331. The summed E-state index contributed by atoms with van der Waals surface area (Å²) in [6.07, 6.45) is 0. The highest BCUT2D eigenvalue weighted by atomic mass is 35.5. The summed E-state index contributed by atoms with van der Waals surface area (Å²) in [5.74, 6) is -2.11. The van der Waals surface area contributed by atoms with Gasteiger partial charge >= 0.3 is 0 Å². The number of nitrogens with one attached hydrogen (secondary N) is 1. The lowest BCUT2D eigenvalue weighted by atomic mass is 10.2. The Hall–Kier alpha value is -1.58. The Balaban J connectivity index is 2.56. The Morgan fingerprint density at radius 2 is 1.94 bits per heavy atom. The van der Waals surface area contributed by atoms with Gasteiger partial charge in [-0.1, -0.05) is 11.6 Å². The molecule has 0 atom stereocenters. The second-order valence-corrected chi connectivity index (χ2v) is 5.14. The van der Waals surface area contributed by atoms with E-state index in [4.69, 9.17) is 16.7 Å². The molecule has 96 valence electrons. The van der Waals surface area contributed by atoms with Gasteiger partial charge in [-0.15, -0.1) is 0 Å². The van der Waals surface area contributed by atoms with E-state index >= 15 is 0 Å². The van der Waals surface area contributed by atoms with E-state index in [0.717, 1.165) is 12.1 Å². The van der Waals surface area contributed by atoms with Crippen LogP contribution in [-0.4, -0.2) is 23.6 Å². The third kappa shape index (κ3) is 2.33. The van der Waals surface area contributed by atoms with Crippen LogP contribution in [0.1, 0.15) is 0 Å². The molecule has 0 radical (unpaired) electrons. The highest BCUT2D eigenvalue weighted by Crippen LogP contribution is 2.25. The van der Waals surface area contributed by atoms with Crippen LogP contribution in [0.5, 0.6) is 0 Å². The molecule has 3 N–H and O–H groups in total. The molecular formula is C8H5ClF2N4O2S. The van der Waals surface area contributed by atoms with Gasteiger partial charge in [0.05, 0.1) is 10.6 Å². The van der Waals surface area contributed by atoms with E-state index in [-0.39, 0.29) is 11.4 Å². The van der Waals surface area contributed by atoms with E-state index in [9.17, 15) is 17.2 Å². The molecule has 18 heavy (non-hydrogen) atoms. The zero-order valence-electron chi connectivity index (χ0n) is 8.49. The van der Waals surface area contributed by atoms with Crippen molar-refractivity contribution in [3.05, 3.63) is 28.8 Å². The molecule has 2 aromatic rings. The zero-order valence-corrected chi connectivity index (χ0v) is 10.1. The van der Waals surface area contributed by atoms with Crippen molar-refractivity contribution in [2.45, 2.75) is 5.16 Å². The van der Waals surface area contributed by atoms with Gasteiger partial charge in [-0.25, -0.2) is 27.4 Å². The monoisotopic (exact) mass is 294 g/mol. The topological polar surface area (TPSA) is 102 Å². The van der Waals surface area contributed by atoms with Gasteiger partial charge < -0.3 is 0 Å². The molecule has 0 bridgehead atoms. The minimum atomic E-state index is -4.09. The lowest BCUT2D eigenvalue weighted by Crippen LogP contribution is -2.13. The second kappa shape index (κ2) is 4.26. The van der Waals surface area contributed by atoms with Gasteiger partial charge in [-0.2, -0.15) is 10.1 Å². The number of hydrogen-bond donors (Lipinski definition) is 2. The van der Waals surface area contributed by atoms with Crippen molar-refractivity contribution in [3.63, 3.8) is 0 Å². The Labute approximate surface area is 105 Å². The van der Waals surface area contributed by atoms with E-state index in [2.05, 4.69) is 10.1 Å². The van der Waals surface area contributed by atoms with Gasteiger partial charge in [-0.3, -0.25) is 0 Å². The predicted octanol–water partition coefficient (Wildman–Crippen LogP) is 1.05. The summed E-state index contributed by atoms with van der Waals surface area (Å²) >= 11 is 5.37. The standard InChI is InChI=1S/C8H5ClF2N4O2S/c9-4-2-5(10)3(1-6(4)11)7-13-8(15-14-7)18(12,16)17/h1-2H,(H2,12,16,17)(H,13,14,15). The summed E-state index contributed by atoms with van der Waals surface area (Å²) in [7, 11) is -4.09. The summed E-state index contributed by atoms with van der Waals surface area (Å²) in [4.78, 5) is 3.45. The third-order valence-electron chi connectivity index (χ3n) is 1.99. The molecule has 0 spiro atoms. The molecule has 0 aliphatic carbocycles. The second-order valence-electron chi connectivity index (χ2n) is 3.26. The molecule has 0 saturated heterocycles. The number of aromatic nitrogens is 3. The van der Waals surface area contributed by atoms with Crippen LogP contribution >= 0.6 is 11.6 Å². The van der Waals surface area contributed by atoms with Crippen molar-refractivity contribution < 1.29 is 17.2 Å². The summed E-state index contributed by atoms with van der Waals surface area (Å²) < 4.78 is 48.6. The zero-order chi connectivity index (χ0) is 13.5. The van der Waals surface area contributed by atoms with Crippen molar-refractivity contribution in [3.8, 4) is 11.4 Å². The Kier molecular flexibility index (Phi) is 3.05. The van der Waals surface area contributed by atoms with E-state index in [1.165, 1.54) is 0 Å². The molecule has 0 saturated carbocycles. The number of primary sulfonamides is 1. The van der Waals surface area contributed by atoms with Gasteiger partial charge in [0, 0.05) is 0 Å². The highest BCUT2D eigenvalue weighted by molar-refractivity contribution is 7.89. The molecule has 2 rings (SSSR count). The normalized spacial score (nSPS) is 11.8. The van der Waals surface area contributed by atoms with Crippen LogP contribution in [0.4, 0.5) is 8.78 Å². The Morgan fingerprint density at radius 1 is 1.28 bits per heavy atom. The minimum Gasteiger partial charge on any atom is -0.248 e. The van der Waals surface area contributed by atoms with Crippen LogP contribution in [0.2, 0.25) is 5.02 Å². The van der Waals surface area contributed by atoms with Gasteiger partial charge in [0.25, 0.3) is 15.2 Å². The van der Waals surface area contributed by atoms with Crippen molar-refractivity contribution >= 4 is 21.6 Å². The van der Waals surface area contributed by atoms with Gasteiger partial charge in [0.2, 0.25) is 0 Å². The number of hydrogen-bond acceptors (Lipinski definition) is 4. The highest BCUT2D eigenvalue weighted by Gasteiger charge is 2.18. The van der Waals surface area contributed by atoms with E-state index in [1.807, 2.05) is 5.10 Å². The molecule has 0 amide bonds. The SMILES string of the molecule is NS(=O)(=O)c1nc(-c2cc(F)c(Cl)cc2F)n[nH]1. The van der Waals surface area contributed by atoms with E-state index in [1.54, 1.807) is 0 Å².